The summed E-state index contributed by atoms with van der Waals surface area (Å²) in [4.78, 5) is 0. The molecule has 0 atom stereocenters. The first-order valence-electron chi connectivity index (χ1n) is 19.1. The Morgan fingerprint density at radius 2 is 0.544 bits per heavy atom. The van der Waals surface area contributed by atoms with Gasteiger partial charge in [-0.2, -0.15) is 0 Å². The zero-order chi connectivity index (χ0) is 40.0. The van der Waals surface area contributed by atoms with E-state index in [9.17, 15) is 0 Å². The van der Waals surface area contributed by atoms with E-state index in [1.807, 2.05) is 24.3 Å². The summed E-state index contributed by atoms with van der Waals surface area (Å²) in [6, 6.07) is 63.2. The van der Waals surface area contributed by atoms with Crippen LogP contribution in [0.15, 0.2) is 182 Å². The van der Waals surface area contributed by atoms with Crippen molar-refractivity contribution in [3.8, 4) is 0 Å². The Kier molecular flexibility index (Phi) is 23.8. The summed E-state index contributed by atoms with van der Waals surface area (Å²) in [5.41, 5.74) is 0. The Morgan fingerprint density at radius 3 is 0.789 bits per heavy atom. The molecule has 300 valence electrons. The number of hydrogen-bond donors (Lipinski definition) is 2. The third-order valence-corrected chi connectivity index (χ3v) is 14.1. The van der Waals surface area contributed by atoms with Crippen LogP contribution >= 0.6 is 24.2 Å². The molecule has 0 saturated carbocycles. The minimum absolute atomic E-state index is 0.0413. The topological polar surface area (TPSA) is 86.6 Å². The second-order valence-corrected chi connectivity index (χ2v) is 18.0. The Labute approximate surface area is 343 Å². The van der Waals surface area contributed by atoms with Crippen LogP contribution in [0.2, 0.25) is 0 Å². The standard InChI is InChI=1S/C26H24O2P2.C13H13P.C8H18O5/c1-5-13-23(14-6-1)29(24-15-7-2-8-16-24)27-21-22-28-30(25-17-9-3-10-18-25)26-19-11-4-12-20-26;1-14(12-8-4-2-5-9-12)13-10-6-3-7-11-13;9-1-3-11-5-7-13-8-6-12-4-2-10/h1-20H,21-22H2;2-11H,1H3;9-10H,1-8H2. The monoisotopic (exact) mass is 824 g/mol. The van der Waals surface area contributed by atoms with E-state index in [1.54, 1.807) is 0 Å². The molecule has 6 aromatic carbocycles. The molecule has 0 saturated heterocycles. The zero-order valence-corrected chi connectivity index (χ0v) is 35.4. The molecule has 57 heavy (non-hydrogen) atoms. The normalized spacial score (nSPS) is 10.8. The van der Waals surface area contributed by atoms with E-state index in [0.29, 0.717) is 52.9 Å². The number of rotatable bonds is 21. The Hall–Kier alpha value is -3.67. The highest BCUT2D eigenvalue weighted by atomic mass is 31.1. The Balaban J connectivity index is 0.000000221. The predicted molar refractivity (Wildman–Crippen MR) is 242 cm³/mol. The maximum Gasteiger partial charge on any atom is 0.0918 e. The van der Waals surface area contributed by atoms with Crippen LogP contribution in [0.25, 0.3) is 0 Å². The molecule has 0 aliphatic carbocycles. The second kappa shape index (κ2) is 29.5. The van der Waals surface area contributed by atoms with Crippen molar-refractivity contribution >= 4 is 56.0 Å². The summed E-state index contributed by atoms with van der Waals surface area (Å²) < 4.78 is 27.8. The molecule has 0 unspecified atom stereocenters. The molecule has 6 aromatic rings. The lowest BCUT2D eigenvalue weighted by molar-refractivity contribution is 0.00230. The maximum atomic E-state index is 8.36. The fourth-order valence-electron chi connectivity index (χ4n) is 5.23. The highest BCUT2D eigenvalue weighted by Crippen LogP contribution is 2.37. The van der Waals surface area contributed by atoms with E-state index >= 15 is 0 Å². The van der Waals surface area contributed by atoms with Crippen molar-refractivity contribution < 1.29 is 33.5 Å². The van der Waals surface area contributed by atoms with Crippen molar-refractivity contribution in [2.75, 3.05) is 72.7 Å². The third-order valence-electron chi connectivity index (χ3n) is 7.99. The number of aliphatic hydroxyl groups excluding tert-OH is 2. The van der Waals surface area contributed by atoms with Crippen molar-refractivity contribution in [3.63, 3.8) is 0 Å². The van der Waals surface area contributed by atoms with Crippen LogP contribution in [-0.2, 0) is 23.3 Å². The van der Waals surface area contributed by atoms with Gasteiger partial charge in [0, 0.05) is 21.2 Å². The number of ether oxygens (including phenoxy) is 3. The van der Waals surface area contributed by atoms with Gasteiger partial charge in [-0.3, -0.25) is 0 Å². The van der Waals surface area contributed by atoms with Crippen LogP contribution in [0.4, 0.5) is 0 Å². The van der Waals surface area contributed by atoms with Crippen LogP contribution in [-0.4, -0.2) is 82.9 Å². The molecule has 0 spiro atoms. The van der Waals surface area contributed by atoms with E-state index in [0.717, 1.165) is 0 Å². The minimum Gasteiger partial charge on any atom is -0.394 e. The van der Waals surface area contributed by atoms with Gasteiger partial charge in [0.05, 0.1) is 82.4 Å². The van der Waals surface area contributed by atoms with Crippen molar-refractivity contribution in [1.29, 1.82) is 0 Å². The van der Waals surface area contributed by atoms with Gasteiger partial charge in [0.1, 0.15) is 0 Å². The van der Waals surface area contributed by atoms with Crippen LogP contribution in [0.5, 0.6) is 0 Å². The van der Waals surface area contributed by atoms with Crippen LogP contribution < -0.4 is 31.8 Å². The van der Waals surface area contributed by atoms with E-state index in [2.05, 4.69) is 164 Å². The lowest BCUT2D eigenvalue weighted by Gasteiger charge is -2.21. The average Bonchev–Trinajstić information content (AvgIpc) is 3.29. The summed E-state index contributed by atoms with van der Waals surface area (Å²) in [6.45, 7) is 6.17. The van der Waals surface area contributed by atoms with Gasteiger partial charge >= 0.3 is 0 Å². The largest absolute Gasteiger partial charge is 0.394 e. The molecule has 0 aromatic heterocycles. The molecular weight excluding hydrogens is 769 g/mol. The highest BCUT2D eigenvalue weighted by molar-refractivity contribution is 7.72. The lowest BCUT2D eigenvalue weighted by Crippen LogP contribution is -2.17. The van der Waals surface area contributed by atoms with Gasteiger partial charge in [0.15, 0.2) is 0 Å². The van der Waals surface area contributed by atoms with Gasteiger partial charge in [-0.15, -0.1) is 0 Å². The number of aliphatic hydroxyl groups is 2. The molecule has 2 N–H and O–H groups in total. The lowest BCUT2D eigenvalue weighted by atomic mass is 10.4. The Bertz CT molecular complexity index is 1600. The summed E-state index contributed by atoms with van der Waals surface area (Å²) in [7, 11) is -1.90. The van der Waals surface area contributed by atoms with Crippen molar-refractivity contribution in [3.05, 3.63) is 182 Å². The highest BCUT2D eigenvalue weighted by Gasteiger charge is 2.17. The molecule has 0 heterocycles. The molecule has 10 heteroatoms. The predicted octanol–water partition coefficient (Wildman–Crippen LogP) is 6.89. The van der Waals surface area contributed by atoms with Crippen LogP contribution in [0.1, 0.15) is 0 Å². The first-order valence-corrected chi connectivity index (χ1v) is 23.4. The maximum absolute atomic E-state index is 8.36. The summed E-state index contributed by atoms with van der Waals surface area (Å²) in [5.74, 6) is 0. The van der Waals surface area contributed by atoms with E-state index < -0.39 is 16.3 Å². The van der Waals surface area contributed by atoms with Gasteiger partial charge in [-0.05, 0) is 25.2 Å². The fourth-order valence-corrected chi connectivity index (χ4v) is 10.2. The molecule has 6 rings (SSSR count). The molecule has 0 amide bonds. The number of hydrogen-bond acceptors (Lipinski definition) is 7. The molecule has 0 fully saturated rings. The van der Waals surface area contributed by atoms with Gasteiger partial charge in [-0.25, -0.2) is 0 Å². The van der Waals surface area contributed by atoms with E-state index in [-0.39, 0.29) is 21.1 Å². The SMILES string of the molecule is CP(c1ccccc1)c1ccccc1.OCCOCCOCCOCCO.c1ccc(P(OCCOP(c2ccccc2)c2ccccc2)c2ccccc2)cc1. The number of benzene rings is 6. The summed E-state index contributed by atoms with van der Waals surface area (Å²) >= 11 is 0. The van der Waals surface area contributed by atoms with Gasteiger partial charge in [-0.1, -0.05) is 182 Å². The molecule has 0 bridgehead atoms. The van der Waals surface area contributed by atoms with Gasteiger partial charge in [0.25, 0.3) is 0 Å². The van der Waals surface area contributed by atoms with Crippen LogP contribution in [0.3, 0.4) is 0 Å². The van der Waals surface area contributed by atoms with E-state index in [1.165, 1.54) is 31.8 Å². The smallest absolute Gasteiger partial charge is 0.0918 e. The first kappa shape index (κ1) is 46.0. The molecule has 0 aliphatic rings. The third kappa shape index (κ3) is 18.2. The molecule has 7 nitrogen and oxygen atoms in total. The zero-order valence-electron chi connectivity index (χ0n) is 32.7. The minimum atomic E-state index is -0.863. The first-order chi connectivity index (χ1) is 28.2. The van der Waals surface area contributed by atoms with E-state index in [4.69, 9.17) is 33.5 Å². The second-order valence-electron chi connectivity index (χ2n) is 12.1. The quantitative estimate of drug-likeness (QED) is 0.0605. The van der Waals surface area contributed by atoms with Gasteiger partial charge in [0.2, 0.25) is 0 Å². The molecular formula is C47H55O7P3. The average molecular weight is 825 g/mol. The fraction of sp³-hybridized carbons (Fsp3) is 0.234. The summed E-state index contributed by atoms with van der Waals surface area (Å²) in [5, 5.41) is 24.4. The molecule has 0 radical (unpaired) electrons. The molecule has 0 aliphatic heterocycles. The van der Waals surface area contributed by atoms with Crippen LogP contribution in [0, 0.1) is 0 Å². The summed E-state index contributed by atoms with van der Waals surface area (Å²) in [6.07, 6.45) is 0. The van der Waals surface area contributed by atoms with Crippen molar-refractivity contribution in [1.82, 2.24) is 0 Å². The van der Waals surface area contributed by atoms with Gasteiger partial charge < -0.3 is 33.5 Å². The van der Waals surface area contributed by atoms with Crippen molar-refractivity contribution in [2.45, 2.75) is 0 Å². The Morgan fingerprint density at radius 1 is 0.316 bits per heavy atom. The van der Waals surface area contributed by atoms with Crippen molar-refractivity contribution in [2.24, 2.45) is 0 Å².